The van der Waals surface area contributed by atoms with Crippen LogP contribution in [0.3, 0.4) is 0 Å². The average molecular weight is 372 g/mol. The summed E-state index contributed by atoms with van der Waals surface area (Å²) in [6.45, 7) is 3.00. The van der Waals surface area contributed by atoms with Crippen molar-refractivity contribution in [3.8, 4) is 17.2 Å². The first-order valence-corrected chi connectivity index (χ1v) is 8.94. The van der Waals surface area contributed by atoms with Gasteiger partial charge in [0.1, 0.15) is 5.75 Å². The van der Waals surface area contributed by atoms with Crippen molar-refractivity contribution in [2.45, 2.75) is 19.4 Å². The van der Waals surface area contributed by atoms with Gasteiger partial charge in [0.25, 0.3) is 0 Å². The highest BCUT2D eigenvalue weighted by Gasteiger charge is 2.27. The largest absolute Gasteiger partial charge is 0.497 e. The summed E-state index contributed by atoms with van der Waals surface area (Å²) in [7, 11) is 4.98. The smallest absolute Gasteiger partial charge is 0.173 e. The molecule has 1 aliphatic rings. The lowest BCUT2D eigenvalue weighted by Gasteiger charge is -2.37. The molecule has 5 nitrogen and oxygen atoms in total. The Kier molecular flexibility index (Phi) is 5.52. The Morgan fingerprint density at radius 3 is 2.50 bits per heavy atom. The van der Waals surface area contributed by atoms with E-state index in [1.807, 2.05) is 24.3 Å². The van der Waals surface area contributed by atoms with Crippen LogP contribution in [-0.4, -0.2) is 37.9 Å². The Morgan fingerprint density at radius 1 is 1.08 bits per heavy atom. The van der Waals surface area contributed by atoms with Crippen molar-refractivity contribution in [2.24, 2.45) is 0 Å². The molecule has 0 fully saturated rings. The molecule has 2 aromatic carbocycles. The van der Waals surface area contributed by atoms with Gasteiger partial charge in [0, 0.05) is 18.3 Å². The normalized spacial score (nSPS) is 15.8. The van der Waals surface area contributed by atoms with Crippen LogP contribution in [0.1, 0.15) is 24.1 Å². The number of rotatable bonds is 4. The average Bonchev–Trinajstić information content (AvgIpc) is 2.67. The molecule has 0 amide bonds. The maximum absolute atomic E-state index is 5.67. The van der Waals surface area contributed by atoms with E-state index in [1.165, 1.54) is 11.1 Å². The van der Waals surface area contributed by atoms with E-state index in [1.54, 1.807) is 21.3 Å². The summed E-state index contributed by atoms with van der Waals surface area (Å²) in [5, 5.41) is 4.02. The Bertz CT molecular complexity index is 810. The van der Waals surface area contributed by atoms with Gasteiger partial charge in [-0.15, -0.1) is 0 Å². The molecule has 26 heavy (non-hydrogen) atoms. The maximum Gasteiger partial charge on any atom is 0.173 e. The number of anilines is 1. The minimum atomic E-state index is 0.143. The number of nitrogens with one attached hydrogen (secondary N) is 1. The molecule has 3 rings (SSSR count). The first-order valence-electron chi connectivity index (χ1n) is 8.53. The zero-order valence-corrected chi connectivity index (χ0v) is 16.4. The fraction of sp³-hybridized carbons (Fsp3) is 0.350. The van der Waals surface area contributed by atoms with Gasteiger partial charge in [-0.05, 0) is 61.0 Å². The fourth-order valence-electron chi connectivity index (χ4n) is 3.32. The van der Waals surface area contributed by atoms with E-state index in [0.29, 0.717) is 5.11 Å². The van der Waals surface area contributed by atoms with Crippen molar-refractivity contribution in [1.82, 2.24) is 4.90 Å². The number of methoxy groups -OCH3 is 3. The molecule has 1 atom stereocenters. The van der Waals surface area contributed by atoms with Crippen LogP contribution in [0.4, 0.5) is 5.69 Å². The molecule has 1 heterocycles. The lowest BCUT2D eigenvalue weighted by molar-refractivity contribution is 0.316. The molecule has 0 radical (unpaired) electrons. The molecule has 0 bridgehead atoms. The van der Waals surface area contributed by atoms with Crippen LogP contribution >= 0.6 is 12.2 Å². The quantitative estimate of drug-likeness (QED) is 0.818. The summed E-state index contributed by atoms with van der Waals surface area (Å²) in [4.78, 5) is 2.20. The molecule has 0 aliphatic carbocycles. The van der Waals surface area contributed by atoms with Gasteiger partial charge in [-0.25, -0.2) is 0 Å². The van der Waals surface area contributed by atoms with Gasteiger partial charge < -0.3 is 24.4 Å². The second-order valence-corrected chi connectivity index (χ2v) is 6.57. The van der Waals surface area contributed by atoms with Crippen molar-refractivity contribution < 1.29 is 14.2 Å². The monoisotopic (exact) mass is 372 g/mol. The molecule has 1 N–H and O–H groups in total. The molecular weight excluding hydrogens is 348 g/mol. The predicted octanol–water partition coefficient (Wildman–Crippen LogP) is 4.03. The minimum absolute atomic E-state index is 0.143. The van der Waals surface area contributed by atoms with Crippen LogP contribution in [-0.2, 0) is 6.42 Å². The summed E-state index contributed by atoms with van der Waals surface area (Å²) in [5.41, 5.74) is 3.40. The van der Waals surface area contributed by atoms with E-state index in [0.717, 1.165) is 35.9 Å². The minimum Gasteiger partial charge on any atom is -0.497 e. The Morgan fingerprint density at radius 2 is 1.81 bits per heavy atom. The third-order valence-electron chi connectivity index (χ3n) is 4.77. The Hall–Kier alpha value is -2.47. The molecule has 0 aromatic heterocycles. The number of nitrogens with zero attached hydrogens (tertiary/aromatic N) is 1. The Labute approximate surface area is 159 Å². The van der Waals surface area contributed by atoms with Crippen LogP contribution in [0.15, 0.2) is 36.4 Å². The van der Waals surface area contributed by atoms with Crippen molar-refractivity contribution >= 4 is 23.0 Å². The molecule has 0 saturated heterocycles. The summed E-state index contributed by atoms with van der Waals surface area (Å²) < 4.78 is 16.2. The van der Waals surface area contributed by atoms with Crippen molar-refractivity contribution in [3.63, 3.8) is 0 Å². The van der Waals surface area contributed by atoms with Gasteiger partial charge in [-0.1, -0.05) is 6.07 Å². The van der Waals surface area contributed by atoms with Crippen molar-refractivity contribution in [1.29, 1.82) is 0 Å². The Balaban J connectivity index is 1.81. The molecule has 2 aromatic rings. The van der Waals surface area contributed by atoms with Gasteiger partial charge in [0.05, 0.1) is 27.4 Å². The van der Waals surface area contributed by atoms with Crippen LogP contribution in [0.2, 0.25) is 0 Å². The molecule has 138 valence electrons. The zero-order chi connectivity index (χ0) is 18.7. The highest BCUT2D eigenvalue weighted by Crippen LogP contribution is 2.38. The summed E-state index contributed by atoms with van der Waals surface area (Å²) >= 11 is 5.67. The highest BCUT2D eigenvalue weighted by molar-refractivity contribution is 7.80. The van der Waals surface area contributed by atoms with Crippen LogP contribution < -0.4 is 19.5 Å². The van der Waals surface area contributed by atoms with E-state index >= 15 is 0 Å². The van der Waals surface area contributed by atoms with Gasteiger partial charge in [0.15, 0.2) is 16.6 Å². The second kappa shape index (κ2) is 7.83. The lowest BCUT2D eigenvalue weighted by atomic mass is 9.93. The van der Waals surface area contributed by atoms with E-state index in [-0.39, 0.29) is 6.04 Å². The SMILES string of the molecule is COc1cccc(NC(=S)N2CCc3cc(OC)c(OC)cc3[C@H]2C)c1. The number of ether oxygens (including phenoxy) is 3. The van der Waals surface area contributed by atoms with E-state index in [9.17, 15) is 0 Å². The van der Waals surface area contributed by atoms with E-state index < -0.39 is 0 Å². The van der Waals surface area contributed by atoms with Crippen molar-refractivity contribution in [2.75, 3.05) is 33.2 Å². The predicted molar refractivity (Wildman–Crippen MR) is 108 cm³/mol. The zero-order valence-electron chi connectivity index (χ0n) is 15.5. The summed E-state index contributed by atoms with van der Waals surface area (Å²) in [6.07, 6.45) is 0.903. The van der Waals surface area contributed by atoms with Crippen LogP contribution in [0.25, 0.3) is 0 Å². The number of hydrogen-bond acceptors (Lipinski definition) is 4. The molecule has 1 aliphatic heterocycles. The van der Waals surface area contributed by atoms with Gasteiger partial charge in [-0.3, -0.25) is 0 Å². The maximum atomic E-state index is 5.67. The van der Waals surface area contributed by atoms with Crippen LogP contribution in [0, 0.1) is 0 Å². The van der Waals surface area contributed by atoms with E-state index in [2.05, 4.69) is 29.3 Å². The molecular formula is C20H24N2O3S. The standard InChI is InChI=1S/C20H24N2O3S/c1-13-17-12-19(25-4)18(24-3)10-14(17)8-9-22(13)20(26)21-15-6-5-7-16(11-15)23-2/h5-7,10-13H,8-9H2,1-4H3,(H,21,26)/t13-/m1/s1. The third kappa shape index (κ3) is 3.55. The highest BCUT2D eigenvalue weighted by atomic mass is 32.1. The first-order chi connectivity index (χ1) is 12.6. The van der Waals surface area contributed by atoms with E-state index in [4.69, 9.17) is 26.4 Å². The topological polar surface area (TPSA) is 43.0 Å². The van der Waals surface area contributed by atoms with Crippen molar-refractivity contribution in [3.05, 3.63) is 47.5 Å². The summed E-state index contributed by atoms with van der Waals surface area (Å²) in [6, 6.07) is 12.0. The summed E-state index contributed by atoms with van der Waals surface area (Å²) in [5.74, 6) is 2.31. The van der Waals surface area contributed by atoms with Gasteiger partial charge >= 0.3 is 0 Å². The number of benzene rings is 2. The van der Waals surface area contributed by atoms with Gasteiger partial charge in [0.2, 0.25) is 0 Å². The number of hydrogen-bond donors (Lipinski definition) is 1. The molecule has 6 heteroatoms. The molecule has 0 unspecified atom stereocenters. The number of thiocarbonyl (C=S) groups is 1. The lowest BCUT2D eigenvalue weighted by Crippen LogP contribution is -2.41. The third-order valence-corrected chi connectivity index (χ3v) is 5.10. The van der Waals surface area contributed by atoms with Crippen LogP contribution in [0.5, 0.6) is 17.2 Å². The molecule has 0 spiro atoms. The second-order valence-electron chi connectivity index (χ2n) is 6.19. The number of fused-ring (bicyclic) bond motifs is 1. The first kappa shape index (κ1) is 18.3. The van der Waals surface area contributed by atoms with Gasteiger partial charge in [-0.2, -0.15) is 0 Å². The molecule has 0 saturated carbocycles. The fourth-order valence-corrected chi connectivity index (χ4v) is 3.69.